The Hall–Kier alpha value is -2.58. The first-order valence-corrected chi connectivity index (χ1v) is 11.2. The predicted octanol–water partition coefficient (Wildman–Crippen LogP) is 1.76. The van der Waals surface area contributed by atoms with Crippen LogP contribution < -0.4 is 0 Å². The lowest BCUT2D eigenvalue weighted by Crippen LogP contribution is -2.51. The number of carbonyl (C=O) groups is 4. The van der Waals surface area contributed by atoms with E-state index in [0.717, 1.165) is 5.56 Å². The normalized spacial score (nSPS) is 17.8. The Bertz CT molecular complexity index is 937. The Balaban J connectivity index is 1.50. The van der Waals surface area contributed by atoms with Crippen molar-refractivity contribution in [3.8, 4) is 0 Å². The van der Waals surface area contributed by atoms with Gasteiger partial charge < -0.3 is 19.6 Å². The van der Waals surface area contributed by atoms with Crippen LogP contribution in [0.15, 0.2) is 24.3 Å². The van der Waals surface area contributed by atoms with Crippen molar-refractivity contribution < 1.29 is 19.2 Å². The predicted molar refractivity (Wildman–Crippen MR) is 122 cm³/mol. The number of hydrogen-bond acceptors (Lipinski definition) is 4. The fourth-order valence-electron chi connectivity index (χ4n) is 3.57. The molecule has 1 aromatic rings. The first kappa shape index (κ1) is 24.1. The zero-order valence-electron chi connectivity index (χ0n) is 17.9. The third-order valence-corrected chi connectivity index (χ3v) is 6.41. The van der Waals surface area contributed by atoms with Gasteiger partial charge in [-0.2, -0.15) is 0 Å². The van der Waals surface area contributed by atoms with E-state index < -0.39 is 0 Å². The van der Waals surface area contributed by atoms with Crippen LogP contribution in [0.3, 0.4) is 0 Å². The van der Waals surface area contributed by atoms with Gasteiger partial charge in [0.2, 0.25) is 23.6 Å². The summed E-state index contributed by atoms with van der Waals surface area (Å²) in [6.07, 6.45) is 3.47. The van der Waals surface area contributed by atoms with Crippen LogP contribution in [0, 0.1) is 0 Å². The molecule has 32 heavy (non-hydrogen) atoms. The molecule has 0 aliphatic carbocycles. The maximum Gasteiger partial charge on any atom is 0.246 e. The van der Waals surface area contributed by atoms with E-state index in [1.807, 2.05) is 0 Å². The minimum Gasteiger partial charge on any atom is -0.342 e. The molecule has 2 fully saturated rings. The summed E-state index contributed by atoms with van der Waals surface area (Å²) >= 11 is 11.9. The van der Waals surface area contributed by atoms with Gasteiger partial charge in [0.25, 0.3) is 0 Å². The number of amides is 4. The molecular formula is C22H26Cl2N4O4. The molecule has 0 spiro atoms. The minimum absolute atomic E-state index is 0.0801. The summed E-state index contributed by atoms with van der Waals surface area (Å²) in [5.74, 6) is -0.506. The van der Waals surface area contributed by atoms with Gasteiger partial charge in [0.15, 0.2) is 0 Å². The van der Waals surface area contributed by atoms with Crippen molar-refractivity contribution in [3.63, 3.8) is 0 Å². The molecule has 0 aromatic heterocycles. The van der Waals surface area contributed by atoms with E-state index in [1.54, 1.807) is 46.0 Å². The summed E-state index contributed by atoms with van der Waals surface area (Å²) in [5, 5.41) is 0.853. The third-order valence-electron chi connectivity index (χ3n) is 5.67. The van der Waals surface area contributed by atoms with Gasteiger partial charge in [-0.15, -0.1) is 0 Å². The third kappa shape index (κ3) is 6.23. The quantitative estimate of drug-likeness (QED) is 0.601. The monoisotopic (exact) mass is 480 g/mol. The fraction of sp³-hybridized carbons (Fsp3) is 0.455. The number of carbonyl (C=O) groups excluding carboxylic acids is 4. The molecule has 10 heteroatoms. The zero-order chi connectivity index (χ0) is 23.3. The van der Waals surface area contributed by atoms with E-state index in [0.29, 0.717) is 42.8 Å². The molecule has 8 nitrogen and oxygen atoms in total. The van der Waals surface area contributed by atoms with Gasteiger partial charge in [-0.3, -0.25) is 19.2 Å². The summed E-state index contributed by atoms with van der Waals surface area (Å²) in [7, 11) is 1.72. The Labute approximate surface area is 197 Å². The zero-order valence-corrected chi connectivity index (χ0v) is 19.4. The highest BCUT2D eigenvalue weighted by Crippen LogP contribution is 2.23. The number of rotatable bonds is 5. The van der Waals surface area contributed by atoms with E-state index in [9.17, 15) is 19.2 Å². The van der Waals surface area contributed by atoms with Crippen molar-refractivity contribution in [2.45, 2.75) is 12.8 Å². The molecule has 172 valence electrons. The molecule has 2 saturated heterocycles. The van der Waals surface area contributed by atoms with Gasteiger partial charge in [0.1, 0.15) is 0 Å². The topological polar surface area (TPSA) is 81.2 Å². The molecule has 4 amide bonds. The Morgan fingerprint density at radius 3 is 2.44 bits per heavy atom. The van der Waals surface area contributed by atoms with Crippen LogP contribution in [-0.2, 0) is 19.2 Å². The molecular weight excluding hydrogens is 455 g/mol. The average Bonchev–Trinajstić information content (AvgIpc) is 2.96. The van der Waals surface area contributed by atoms with E-state index >= 15 is 0 Å². The van der Waals surface area contributed by atoms with Crippen LogP contribution in [0.2, 0.25) is 10.0 Å². The Kier molecular flexibility index (Phi) is 8.15. The number of halogens is 2. The van der Waals surface area contributed by atoms with Gasteiger partial charge in [-0.25, -0.2) is 0 Å². The average molecular weight is 481 g/mol. The number of hydrogen-bond donors (Lipinski definition) is 0. The largest absolute Gasteiger partial charge is 0.342 e. The molecule has 0 bridgehead atoms. The van der Waals surface area contributed by atoms with E-state index in [1.165, 1.54) is 11.0 Å². The molecule has 0 unspecified atom stereocenters. The maximum absolute atomic E-state index is 12.6. The molecule has 3 rings (SSSR count). The summed E-state index contributed by atoms with van der Waals surface area (Å²) in [5.41, 5.74) is 0.751. The molecule has 0 atom stereocenters. The van der Waals surface area contributed by atoms with E-state index in [2.05, 4.69) is 0 Å². The molecule has 2 aliphatic heterocycles. The van der Waals surface area contributed by atoms with Crippen LogP contribution in [0.4, 0.5) is 0 Å². The van der Waals surface area contributed by atoms with Crippen LogP contribution in [0.25, 0.3) is 6.08 Å². The maximum atomic E-state index is 12.6. The first-order chi connectivity index (χ1) is 15.2. The Morgan fingerprint density at radius 1 is 0.969 bits per heavy atom. The lowest BCUT2D eigenvalue weighted by molar-refractivity contribution is -0.144. The van der Waals surface area contributed by atoms with E-state index in [4.69, 9.17) is 23.2 Å². The molecule has 0 radical (unpaired) electrons. The standard InChI is InChI=1S/C22H26Cl2N4O4/c1-25-10-11-28(15-22(25)32)21(31)7-9-27-13-12-26(8-6-20(27)30)19(29)5-3-16-2-4-17(23)18(24)14-16/h2-5,14H,6-13,15H2,1H3. The lowest BCUT2D eigenvalue weighted by atomic mass is 10.2. The highest BCUT2D eigenvalue weighted by molar-refractivity contribution is 6.42. The van der Waals surface area contributed by atoms with Crippen LogP contribution >= 0.6 is 23.2 Å². The number of likely N-dealkylation sites (N-methyl/N-ethyl adjacent to an activating group) is 1. The van der Waals surface area contributed by atoms with Crippen molar-refractivity contribution in [2.75, 3.05) is 52.9 Å². The van der Waals surface area contributed by atoms with Crippen molar-refractivity contribution in [3.05, 3.63) is 39.9 Å². The van der Waals surface area contributed by atoms with Gasteiger partial charge in [-0.1, -0.05) is 29.3 Å². The van der Waals surface area contributed by atoms with Gasteiger partial charge in [0, 0.05) is 65.2 Å². The second-order valence-electron chi connectivity index (χ2n) is 7.84. The summed E-state index contributed by atoms with van der Waals surface area (Å²) < 4.78 is 0. The second-order valence-corrected chi connectivity index (χ2v) is 8.66. The highest BCUT2D eigenvalue weighted by atomic mass is 35.5. The van der Waals surface area contributed by atoms with Crippen molar-refractivity contribution in [2.24, 2.45) is 0 Å². The second kappa shape index (κ2) is 10.8. The molecule has 2 heterocycles. The minimum atomic E-state index is -0.197. The summed E-state index contributed by atoms with van der Waals surface area (Å²) in [6, 6.07) is 5.10. The fourth-order valence-corrected chi connectivity index (χ4v) is 3.88. The van der Waals surface area contributed by atoms with Gasteiger partial charge >= 0.3 is 0 Å². The van der Waals surface area contributed by atoms with Gasteiger partial charge in [0.05, 0.1) is 16.6 Å². The van der Waals surface area contributed by atoms with Crippen LogP contribution in [-0.4, -0.2) is 96.1 Å². The Morgan fingerprint density at radius 2 is 1.72 bits per heavy atom. The van der Waals surface area contributed by atoms with Gasteiger partial charge in [-0.05, 0) is 23.8 Å². The number of benzene rings is 1. The number of piperazine rings is 1. The lowest BCUT2D eigenvalue weighted by Gasteiger charge is -2.32. The summed E-state index contributed by atoms with van der Waals surface area (Å²) in [4.78, 5) is 55.7. The molecule has 2 aliphatic rings. The van der Waals surface area contributed by atoms with E-state index in [-0.39, 0.29) is 49.6 Å². The first-order valence-electron chi connectivity index (χ1n) is 10.5. The highest BCUT2D eigenvalue weighted by Gasteiger charge is 2.27. The molecule has 1 aromatic carbocycles. The van der Waals surface area contributed by atoms with Crippen LogP contribution in [0.1, 0.15) is 18.4 Å². The molecule has 0 saturated carbocycles. The number of nitrogens with zero attached hydrogens (tertiary/aromatic N) is 4. The van der Waals surface area contributed by atoms with Crippen molar-refractivity contribution >= 4 is 52.9 Å². The smallest absolute Gasteiger partial charge is 0.246 e. The van der Waals surface area contributed by atoms with Crippen molar-refractivity contribution in [1.29, 1.82) is 0 Å². The van der Waals surface area contributed by atoms with Crippen LogP contribution in [0.5, 0.6) is 0 Å². The SMILES string of the molecule is CN1CCN(C(=O)CCN2CCN(C(=O)C=Cc3ccc(Cl)c(Cl)c3)CCC2=O)CC1=O. The summed E-state index contributed by atoms with van der Waals surface area (Å²) in [6.45, 7) is 2.44. The van der Waals surface area contributed by atoms with Crippen molar-refractivity contribution in [1.82, 2.24) is 19.6 Å². The molecule has 0 N–H and O–H groups in total.